The molecule has 2 saturated heterocycles. The van der Waals surface area contributed by atoms with E-state index in [1.165, 1.54) is 0 Å². The molecule has 2 fully saturated rings. The molecular weight excluding hydrogens is 449 g/mol. The molecule has 0 unspecified atom stereocenters. The number of rotatable bonds is 6. The summed E-state index contributed by atoms with van der Waals surface area (Å²) in [5, 5.41) is 6.04. The van der Waals surface area contributed by atoms with Crippen LogP contribution in [0.15, 0.2) is 12.4 Å². The number of hydrogen-bond acceptors (Lipinski definition) is 8. The van der Waals surface area contributed by atoms with Crippen molar-refractivity contribution in [2.45, 2.75) is 97.6 Å². The van der Waals surface area contributed by atoms with Gasteiger partial charge in [0.2, 0.25) is 11.9 Å². The fourth-order valence-electron chi connectivity index (χ4n) is 3.92. The number of ether oxygens (including phenoxy) is 1. The first-order valence-corrected chi connectivity index (χ1v) is 12.3. The molecule has 0 spiro atoms. The van der Waals surface area contributed by atoms with E-state index in [0.29, 0.717) is 19.0 Å². The minimum absolute atomic E-state index is 0.0102. The predicted octanol–water partition coefficient (Wildman–Crippen LogP) is 2.34. The van der Waals surface area contributed by atoms with E-state index in [-0.39, 0.29) is 17.9 Å². The highest BCUT2D eigenvalue weighted by Crippen LogP contribution is 2.36. The summed E-state index contributed by atoms with van der Waals surface area (Å²) < 4.78 is 17.4. The molecule has 2 aliphatic heterocycles. The van der Waals surface area contributed by atoms with Crippen LogP contribution in [-0.4, -0.2) is 76.0 Å². The highest BCUT2D eigenvalue weighted by molar-refractivity contribution is 6.61. The summed E-state index contributed by atoms with van der Waals surface area (Å²) >= 11 is 0. The SMILES string of the molecule is CC(C)[C@H](NC(=O)OC(C)(C)C)C(=O)N1CC[C@H](Nc2ncc(B3OC(C)(C)C(C)(C)O3)cn2)C1. The van der Waals surface area contributed by atoms with Crippen LogP contribution < -0.4 is 16.1 Å². The lowest BCUT2D eigenvalue weighted by atomic mass is 9.81. The van der Waals surface area contributed by atoms with Crippen LogP contribution >= 0.6 is 0 Å². The van der Waals surface area contributed by atoms with Crippen LogP contribution in [0.5, 0.6) is 0 Å². The van der Waals surface area contributed by atoms with Gasteiger partial charge in [0, 0.05) is 37.0 Å². The molecule has 0 radical (unpaired) electrons. The molecule has 194 valence electrons. The fraction of sp³-hybridized carbons (Fsp3) is 0.750. The molecule has 2 N–H and O–H groups in total. The second kappa shape index (κ2) is 9.93. The van der Waals surface area contributed by atoms with Gasteiger partial charge in [-0.2, -0.15) is 0 Å². The molecule has 2 aliphatic rings. The normalized spacial score (nSPS) is 22.3. The summed E-state index contributed by atoms with van der Waals surface area (Å²) in [6.45, 7) is 18.3. The summed E-state index contributed by atoms with van der Waals surface area (Å²) in [5.74, 6) is 0.289. The lowest BCUT2D eigenvalue weighted by Crippen LogP contribution is -2.52. The third-order valence-corrected chi connectivity index (χ3v) is 6.64. The largest absolute Gasteiger partial charge is 0.498 e. The Morgan fingerprint density at radius 1 is 1.14 bits per heavy atom. The van der Waals surface area contributed by atoms with E-state index in [1.807, 2.05) is 41.5 Å². The van der Waals surface area contributed by atoms with Crippen LogP contribution in [-0.2, 0) is 18.8 Å². The van der Waals surface area contributed by atoms with Crippen LogP contribution in [0, 0.1) is 5.92 Å². The predicted molar refractivity (Wildman–Crippen MR) is 134 cm³/mol. The van der Waals surface area contributed by atoms with Crippen LogP contribution in [0.2, 0.25) is 0 Å². The summed E-state index contributed by atoms with van der Waals surface area (Å²) in [6.07, 6.45) is 3.57. The zero-order valence-corrected chi connectivity index (χ0v) is 22.5. The van der Waals surface area contributed by atoms with Gasteiger partial charge in [-0.3, -0.25) is 4.79 Å². The summed E-state index contributed by atoms with van der Waals surface area (Å²) in [6, 6.07) is -0.643. The maximum Gasteiger partial charge on any atom is 0.498 e. The summed E-state index contributed by atoms with van der Waals surface area (Å²) in [7, 11) is -0.515. The molecule has 0 bridgehead atoms. The van der Waals surface area contributed by atoms with E-state index in [1.54, 1.807) is 38.1 Å². The molecule has 10 nitrogen and oxygen atoms in total. The van der Waals surface area contributed by atoms with E-state index >= 15 is 0 Å². The van der Waals surface area contributed by atoms with Gasteiger partial charge < -0.3 is 29.6 Å². The third-order valence-electron chi connectivity index (χ3n) is 6.64. The lowest BCUT2D eigenvalue weighted by molar-refractivity contribution is -0.133. The van der Waals surface area contributed by atoms with Gasteiger partial charge in [-0.1, -0.05) is 13.8 Å². The maximum absolute atomic E-state index is 13.2. The molecule has 1 aromatic heterocycles. The Hall–Kier alpha value is -2.40. The van der Waals surface area contributed by atoms with E-state index in [9.17, 15) is 9.59 Å². The number of amides is 2. The van der Waals surface area contributed by atoms with Crippen molar-refractivity contribution in [1.29, 1.82) is 0 Å². The smallest absolute Gasteiger partial charge is 0.444 e. The fourth-order valence-corrected chi connectivity index (χ4v) is 3.92. The number of nitrogens with one attached hydrogen (secondary N) is 2. The van der Waals surface area contributed by atoms with Crippen molar-refractivity contribution in [2.75, 3.05) is 18.4 Å². The quantitative estimate of drug-likeness (QED) is 0.586. The highest BCUT2D eigenvalue weighted by atomic mass is 16.7. The summed E-state index contributed by atoms with van der Waals surface area (Å²) in [4.78, 5) is 36.0. The molecule has 0 aromatic carbocycles. The first-order valence-electron chi connectivity index (χ1n) is 12.3. The zero-order valence-electron chi connectivity index (χ0n) is 22.5. The van der Waals surface area contributed by atoms with Gasteiger partial charge in [0.25, 0.3) is 0 Å². The molecule has 3 rings (SSSR count). The standard InChI is InChI=1S/C24H40BN5O5/c1-15(2)18(29-21(32)33-22(3,4)5)19(31)30-11-10-17(14-30)28-20-26-12-16(13-27-20)25-34-23(6,7)24(8,9)35-25/h12-13,15,17-18H,10-11,14H2,1-9H3,(H,29,32)(H,26,27,28)/t17-,18-/m0/s1. The average Bonchev–Trinajstić information content (AvgIpc) is 3.26. The molecule has 2 amide bonds. The van der Waals surface area contributed by atoms with Crippen LogP contribution in [0.1, 0.15) is 68.7 Å². The molecule has 3 heterocycles. The Bertz CT molecular complexity index is 900. The van der Waals surface area contributed by atoms with Crippen molar-refractivity contribution < 1.29 is 23.6 Å². The number of nitrogens with zero attached hydrogens (tertiary/aromatic N) is 3. The van der Waals surface area contributed by atoms with Gasteiger partial charge in [-0.05, 0) is 60.8 Å². The van der Waals surface area contributed by atoms with Crippen LogP contribution in [0.25, 0.3) is 0 Å². The second-order valence-electron chi connectivity index (χ2n) is 11.7. The van der Waals surface area contributed by atoms with Crippen molar-refractivity contribution in [1.82, 2.24) is 20.2 Å². The Kier molecular flexibility index (Phi) is 7.71. The Morgan fingerprint density at radius 2 is 1.71 bits per heavy atom. The first-order chi connectivity index (χ1) is 16.1. The van der Waals surface area contributed by atoms with Gasteiger partial charge >= 0.3 is 13.2 Å². The number of hydrogen-bond donors (Lipinski definition) is 2. The van der Waals surface area contributed by atoms with Gasteiger partial charge in [0.05, 0.1) is 11.2 Å². The molecule has 0 saturated carbocycles. The average molecular weight is 489 g/mol. The van der Waals surface area contributed by atoms with Crippen LogP contribution in [0.3, 0.4) is 0 Å². The van der Waals surface area contributed by atoms with E-state index in [4.69, 9.17) is 14.0 Å². The minimum Gasteiger partial charge on any atom is -0.444 e. The van der Waals surface area contributed by atoms with Gasteiger partial charge in [0.15, 0.2) is 0 Å². The van der Waals surface area contributed by atoms with Crippen molar-refractivity contribution in [2.24, 2.45) is 5.92 Å². The number of anilines is 1. The molecule has 35 heavy (non-hydrogen) atoms. The topological polar surface area (TPSA) is 115 Å². The second-order valence-corrected chi connectivity index (χ2v) is 11.7. The van der Waals surface area contributed by atoms with Gasteiger partial charge in [0.1, 0.15) is 11.6 Å². The number of carbonyl (C=O) groups excluding carboxylic acids is 2. The molecule has 0 aliphatic carbocycles. The van der Waals surface area contributed by atoms with Crippen molar-refractivity contribution in [3.8, 4) is 0 Å². The van der Waals surface area contributed by atoms with Crippen molar-refractivity contribution >= 4 is 30.5 Å². The van der Waals surface area contributed by atoms with E-state index < -0.39 is 36.1 Å². The van der Waals surface area contributed by atoms with E-state index in [2.05, 4.69) is 20.6 Å². The van der Waals surface area contributed by atoms with Crippen LogP contribution in [0.4, 0.5) is 10.7 Å². The Balaban J connectivity index is 1.55. The number of likely N-dealkylation sites (tertiary alicyclic amines) is 1. The van der Waals surface area contributed by atoms with Gasteiger partial charge in [-0.15, -0.1) is 0 Å². The Labute approximate surface area is 209 Å². The zero-order chi connectivity index (χ0) is 26.2. The third kappa shape index (κ3) is 6.64. The van der Waals surface area contributed by atoms with Crippen molar-refractivity contribution in [3.63, 3.8) is 0 Å². The Morgan fingerprint density at radius 3 is 2.23 bits per heavy atom. The lowest BCUT2D eigenvalue weighted by Gasteiger charge is -2.32. The van der Waals surface area contributed by atoms with Gasteiger partial charge in [-0.25, -0.2) is 14.8 Å². The first kappa shape index (κ1) is 27.2. The molecule has 11 heteroatoms. The van der Waals surface area contributed by atoms with Crippen molar-refractivity contribution in [3.05, 3.63) is 12.4 Å². The molecule has 2 atom stereocenters. The monoisotopic (exact) mass is 489 g/mol. The highest BCUT2D eigenvalue weighted by Gasteiger charge is 2.52. The maximum atomic E-state index is 13.2. The molecular formula is C24H40BN5O5. The van der Waals surface area contributed by atoms with E-state index in [0.717, 1.165) is 11.9 Å². The number of aromatic nitrogens is 2. The molecule has 1 aromatic rings. The minimum atomic E-state index is -0.654. The summed E-state index contributed by atoms with van der Waals surface area (Å²) in [5.41, 5.74) is -0.735. The number of carbonyl (C=O) groups is 2. The number of alkyl carbamates (subject to hydrolysis) is 1.